The minimum Gasteiger partial charge on any atom is -0.451 e. The van der Waals surface area contributed by atoms with Gasteiger partial charge in [-0.1, -0.05) is 6.92 Å². The van der Waals surface area contributed by atoms with Gasteiger partial charge in [-0.15, -0.1) is 0 Å². The second-order valence-corrected chi connectivity index (χ2v) is 4.20. The van der Waals surface area contributed by atoms with Crippen LogP contribution in [0.25, 0.3) is 0 Å². The molecule has 0 spiro atoms. The molecule has 0 radical (unpaired) electrons. The molecule has 1 heterocycles. The second-order valence-electron chi connectivity index (χ2n) is 4.20. The molecule has 0 aliphatic rings. The number of amides is 1. The SMILES string of the molecule is CCCn1nc(C(=O)OCC(=O)NCCOC)ccc1=O. The number of aryl methyl sites for hydroxylation is 1. The number of carbonyl (C=O) groups excluding carboxylic acids is 2. The van der Waals surface area contributed by atoms with Gasteiger partial charge in [0.15, 0.2) is 12.3 Å². The molecule has 0 bridgehead atoms. The first-order valence-corrected chi connectivity index (χ1v) is 6.59. The Morgan fingerprint density at radius 2 is 2.14 bits per heavy atom. The molecular weight excluding hydrogens is 278 g/mol. The van der Waals surface area contributed by atoms with Crippen LogP contribution in [-0.4, -0.2) is 48.5 Å². The lowest BCUT2D eigenvalue weighted by molar-refractivity contribution is -0.124. The highest BCUT2D eigenvalue weighted by Gasteiger charge is 2.13. The predicted octanol–water partition coefficient (Wildman–Crippen LogP) is -0.427. The van der Waals surface area contributed by atoms with Gasteiger partial charge in [0.25, 0.3) is 11.5 Å². The van der Waals surface area contributed by atoms with Crippen LogP contribution >= 0.6 is 0 Å². The number of hydrogen-bond acceptors (Lipinski definition) is 6. The topological polar surface area (TPSA) is 99.5 Å². The molecule has 116 valence electrons. The molecule has 0 saturated carbocycles. The minimum absolute atomic E-state index is 0.00672. The van der Waals surface area contributed by atoms with Gasteiger partial charge in [-0.2, -0.15) is 5.10 Å². The molecule has 1 amide bonds. The van der Waals surface area contributed by atoms with Crippen LogP contribution in [0.5, 0.6) is 0 Å². The van der Waals surface area contributed by atoms with Crippen molar-refractivity contribution in [3.8, 4) is 0 Å². The molecule has 0 unspecified atom stereocenters. The number of ether oxygens (including phenoxy) is 2. The molecule has 0 aromatic carbocycles. The normalized spacial score (nSPS) is 10.2. The van der Waals surface area contributed by atoms with E-state index < -0.39 is 18.5 Å². The van der Waals surface area contributed by atoms with Gasteiger partial charge in [-0.3, -0.25) is 9.59 Å². The third kappa shape index (κ3) is 5.74. The van der Waals surface area contributed by atoms with E-state index in [-0.39, 0.29) is 11.3 Å². The molecule has 1 rings (SSSR count). The first kappa shape index (κ1) is 16.8. The highest BCUT2D eigenvalue weighted by molar-refractivity contribution is 5.89. The maximum atomic E-state index is 11.7. The Labute approximate surface area is 122 Å². The van der Waals surface area contributed by atoms with E-state index in [2.05, 4.69) is 10.4 Å². The molecule has 0 atom stereocenters. The first-order chi connectivity index (χ1) is 10.1. The fraction of sp³-hybridized carbons (Fsp3) is 0.538. The summed E-state index contributed by atoms with van der Waals surface area (Å²) >= 11 is 0. The molecule has 0 aliphatic heterocycles. The monoisotopic (exact) mass is 297 g/mol. The quantitative estimate of drug-likeness (QED) is 0.516. The van der Waals surface area contributed by atoms with E-state index in [0.29, 0.717) is 26.1 Å². The van der Waals surface area contributed by atoms with Gasteiger partial charge in [-0.25, -0.2) is 9.48 Å². The number of methoxy groups -OCH3 is 1. The van der Waals surface area contributed by atoms with Gasteiger partial charge < -0.3 is 14.8 Å². The van der Waals surface area contributed by atoms with Crippen molar-refractivity contribution in [1.82, 2.24) is 15.1 Å². The maximum absolute atomic E-state index is 11.7. The standard InChI is InChI=1S/C13H19N3O5/c1-3-7-16-12(18)5-4-10(15-16)13(19)21-9-11(17)14-6-8-20-2/h4-5H,3,6-9H2,1-2H3,(H,14,17). The number of hydrogen-bond donors (Lipinski definition) is 1. The Morgan fingerprint density at radius 1 is 1.38 bits per heavy atom. The number of rotatable bonds is 8. The summed E-state index contributed by atoms with van der Waals surface area (Å²) in [7, 11) is 1.52. The Kier molecular flexibility index (Phi) is 7.10. The zero-order chi connectivity index (χ0) is 15.7. The Morgan fingerprint density at radius 3 is 2.81 bits per heavy atom. The molecule has 1 aromatic heterocycles. The van der Waals surface area contributed by atoms with Crippen molar-refractivity contribution in [3.63, 3.8) is 0 Å². The van der Waals surface area contributed by atoms with Gasteiger partial charge in [0.05, 0.1) is 6.61 Å². The lowest BCUT2D eigenvalue weighted by atomic mass is 10.4. The summed E-state index contributed by atoms with van der Waals surface area (Å²) < 4.78 is 10.8. The average Bonchev–Trinajstić information content (AvgIpc) is 2.47. The van der Waals surface area contributed by atoms with Crippen molar-refractivity contribution < 1.29 is 19.1 Å². The van der Waals surface area contributed by atoms with Crippen LogP contribution in [0.3, 0.4) is 0 Å². The summed E-state index contributed by atoms with van der Waals surface area (Å²) in [6.07, 6.45) is 0.716. The number of nitrogens with one attached hydrogen (secondary N) is 1. The van der Waals surface area contributed by atoms with Crippen molar-refractivity contribution in [2.24, 2.45) is 0 Å². The van der Waals surface area contributed by atoms with Crippen LogP contribution in [0.2, 0.25) is 0 Å². The van der Waals surface area contributed by atoms with E-state index in [1.54, 1.807) is 0 Å². The fourth-order valence-electron chi connectivity index (χ4n) is 1.48. The van der Waals surface area contributed by atoms with E-state index in [9.17, 15) is 14.4 Å². The maximum Gasteiger partial charge on any atom is 0.359 e. The first-order valence-electron chi connectivity index (χ1n) is 6.59. The van der Waals surface area contributed by atoms with E-state index in [1.165, 1.54) is 23.9 Å². The molecule has 1 aromatic rings. The largest absolute Gasteiger partial charge is 0.451 e. The number of nitrogens with zero attached hydrogens (tertiary/aromatic N) is 2. The molecular formula is C13H19N3O5. The number of carbonyl (C=O) groups is 2. The van der Waals surface area contributed by atoms with Crippen LogP contribution in [0.4, 0.5) is 0 Å². The number of aromatic nitrogens is 2. The molecule has 1 N–H and O–H groups in total. The summed E-state index contributed by atoms with van der Waals surface area (Å²) in [5.74, 6) is -1.18. The van der Waals surface area contributed by atoms with Gasteiger partial charge in [0.2, 0.25) is 0 Å². The van der Waals surface area contributed by atoms with Gasteiger partial charge in [0, 0.05) is 26.3 Å². The fourth-order valence-corrected chi connectivity index (χ4v) is 1.48. The zero-order valence-electron chi connectivity index (χ0n) is 12.1. The summed E-state index contributed by atoms with van der Waals surface area (Å²) in [4.78, 5) is 34.6. The molecule has 0 saturated heterocycles. The molecule has 0 fully saturated rings. The smallest absolute Gasteiger partial charge is 0.359 e. The lowest BCUT2D eigenvalue weighted by Gasteiger charge is -2.07. The summed E-state index contributed by atoms with van der Waals surface area (Å²) in [5, 5.41) is 6.41. The Bertz CT molecular complexity index is 541. The highest BCUT2D eigenvalue weighted by atomic mass is 16.5. The molecule has 21 heavy (non-hydrogen) atoms. The minimum atomic E-state index is -0.748. The summed E-state index contributed by atoms with van der Waals surface area (Å²) in [5.41, 5.74) is -0.293. The van der Waals surface area contributed by atoms with E-state index in [1.807, 2.05) is 6.92 Å². The Hall–Kier alpha value is -2.22. The van der Waals surface area contributed by atoms with Crippen molar-refractivity contribution >= 4 is 11.9 Å². The Balaban J connectivity index is 2.54. The average molecular weight is 297 g/mol. The highest BCUT2D eigenvalue weighted by Crippen LogP contribution is 1.95. The number of esters is 1. The molecule has 0 aliphatic carbocycles. The predicted molar refractivity (Wildman–Crippen MR) is 74.0 cm³/mol. The van der Waals surface area contributed by atoms with Crippen LogP contribution in [0.15, 0.2) is 16.9 Å². The van der Waals surface area contributed by atoms with E-state index in [4.69, 9.17) is 9.47 Å². The van der Waals surface area contributed by atoms with Crippen molar-refractivity contribution in [1.29, 1.82) is 0 Å². The molecule has 8 nitrogen and oxygen atoms in total. The van der Waals surface area contributed by atoms with Crippen LogP contribution < -0.4 is 10.9 Å². The van der Waals surface area contributed by atoms with E-state index >= 15 is 0 Å². The summed E-state index contributed by atoms with van der Waals surface area (Å²) in [6, 6.07) is 2.53. The third-order valence-corrected chi connectivity index (χ3v) is 2.47. The summed E-state index contributed by atoms with van der Waals surface area (Å²) in [6.45, 7) is 2.62. The van der Waals surface area contributed by atoms with Crippen molar-refractivity contribution in [2.75, 3.05) is 26.9 Å². The van der Waals surface area contributed by atoms with Gasteiger partial charge in [-0.05, 0) is 12.5 Å². The van der Waals surface area contributed by atoms with Crippen molar-refractivity contribution in [2.45, 2.75) is 19.9 Å². The van der Waals surface area contributed by atoms with Crippen LogP contribution in [-0.2, 0) is 20.8 Å². The van der Waals surface area contributed by atoms with Crippen LogP contribution in [0, 0.1) is 0 Å². The van der Waals surface area contributed by atoms with Crippen molar-refractivity contribution in [3.05, 3.63) is 28.2 Å². The zero-order valence-corrected chi connectivity index (χ0v) is 12.1. The second kappa shape index (κ2) is 8.85. The lowest BCUT2D eigenvalue weighted by Crippen LogP contribution is -2.32. The van der Waals surface area contributed by atoms with E-state index in [0.717, 1.165) is 0 Å². The van der Waals surface area contributed by atoms with Crippen LogP contribution in [0.1, 0.15) is 23.8 Å². The van der Waals surface area contributed by atoms with Gasteiger partial charge >= 0.3 is 5.97 Å². The molecule has 8 heteroatoms. The third-order valence-electron chi connectivity index (χ3n) is 2.47. The van der Waals surface area contributed by atoms with Gasteiger partial charge in [0.1, 0.15) is 0 Å².